The van der Waals surface area contributed by atoms with Crippen molar-refractivity contribution in [1.29, 1.82) is 0 Å². The van der Waals surface area contributed by atoms with Crippen molar-refractivity contribution in [2.45, 2.75) is 0 Å². The summed E-state index contributed by atoms with van der Waals surface area (Å²) in [7, 11) is 4.00. The highest BCUT2D eigenvalue weighted by atomic mass is 32.1. The lowest BCUT2D eigenvalue weighted by Crippen LogP contribution is -2.32. The lowest BCUT2D eigenvalue weighted by molar-refractivity contribution is 0.401. The third-order valence-corrected chi connectivity index (χ3v) is 1.97. The van der Waals surface area contributed by atoms with E-state index in [1.807, 2.05) is 49.3 Å². The second-order valence-corrected chi connectivity index (χ2v) is 3.52. The van der Waals surface area contributed by atoms with Crippen LogP contribution in [0.3, 0.4) is 0 Å². The molecule has 0 amide bonds. The van der Waals surface area contributed by atoms with Crippen LogP contribution in [0.2, 0.25) is 0 Å². The van der Waals surface area contributed by atoms with Gasteiger partial charge in [0.1, 0.15) is 4.99 Å². The summed E-state index contributed by atoms with van der Waals surface area (Å²) in [4.78, 5) is 2.84. The molecule has 0 spiro atoms. The molecule has 0 heterocycles. The van der Waals surface area contributed by atoms with Crippen molar-refractivity contribution in [3.8, 4) is 0 Å². The Kier molecular flexibility index (Phi) is 3.86. The Morgan fingerprint density at radius 1 is 1.31 bits per heavy atom. The van der Waals surface area contributed by atoms with E-state index in [0.717, 1.165) is 17.2 Å². The van der Waals surface area contributed by atoms with E-state index in [1.165, 1.54) is 0 Å². The van der Waals surface area contributed by atoms with Gasteiger partial charge in [-0.25, -0.2) is 0 Å². The van der Waals surface area contributed by atoms with Gasteiger partial charge in [0, 0.05) is 5.56 Å². The molecule has 0 unspecified atom stereocenters. The molecular weight excluding hydrogens is 180 g/mol. The van der Waals surface area contributed by atoms with Crippen molar-refractivity contribution in [2.75, 3.05) is 20.8 Å². The number of nitrogens with one attached hydrogen (secondary N) is 1. The summed E-state index contributed by atoms with van der Waals surface area (Å²) in [5.41, 5.74) is 1.07. The average Bonchev–Trinajstić information content (AvgIpc) is 2.15. The minimum absolute atomic E-state index is 0.772. The van der Waals surface area contributed by atoms with Crippen LogP contribution in [0, 0.1) is 0 Å². The van der Waals surface area contributed by atoms with Gasteiger partial charge in [-0.3, -0.25) is 4.90 Å². The molecule has 0 fully saturated rings. The minimum Gasteiger partial charge on any atom is -0.363 e. The van der Waals surface area contributed by atoms with Gasteiger partial charge in [-0.15, -0.1) is 0 Å². The molecule has 0 aliphatic heterocycles. The quantitative estimate of drug-likeness (QED) is 0.579. The fourth-order valence-electron chi connectivity index (χ4n) is 0.922. The zero-order valence-electron chi connectivity index (χ0n) is 7.95. The van der Waals surface area contributed by atoms with Gasteiger partial charge >= 0.3 is 0 Å². The number of hydrogen-bond acceptors (Lipinski definition) is 2. The van der Waals surface area contributed by atoms with Crippen LogP contribution >= 0.6 is 12.2 Å². The number of nitrogens with zero attached hydrogens (tertiary/aromatic N) is 1. The predicted octanol–water partition coefficient (Wildman–Crippen LogP) is 1.47. The van der Waals surface area contributed by atoms with Crippen molar-refractivity contribution >= 4 is 17.2 Å². The summed E-state index contributed by atoms with van der Waals surface area (Å²) in [6, 6.07) is 9.96. The molecule has 2 nitrogen and oxygen atoms in total. The maximum atomic E-state index is 5.20. The maximum absolute atomic E-state index is 5.20. The third kappa shape index (κ3) is 3.53. The molecule has 1 N–H and O–H groups in total. The molecule has 1 aromatic carbocycles. The minimum atomic E-state index is 0.772. The third-order valence-electron chi connectivity index (χ3n) is 1.59. The van der Waals surface area contributed by atoms with Crippen LogP contribution in [0.5, 0.6) is 0 Å². The highest BCUT2D eigenvalue weighted by Gasteiger charge is 1.98. The number of benzene rings is 1. The van der Waals surface area contributed by atoms with Gasteiger partial charge < -0.3 is 5.32 Å². The van der Waals surface area contributed by atoms with E-state index in [1.54, 1.807) is 0 Å². The molecule has 0 bridgehead atoms. The molecule has 1 rings (SSSR count). The smallest absolute Gasteiger partial charge is 0.107 e. The van der Waals surface area contributed by atoms with E-state index < -0.39 is 0 Å². The SMILES string of the molecule is CN(C)CNC(=S)c1ccccc1. The molecular formula is C10H14N2S. The summed E-state index contributed by atoms with van der Waals surface area (Å²) >= 11 is 5.20. The molecule has 1 aromatic rings. The Morgan fingerprint density at radius 2 is 1.92 bits per heavy atom. The van der Waals surface area contributed by atoms with Crippen LogP contribution in [0.15, 0.2) is 30.3 Å². The van der Waals surface area contributed by atoms with Gasteiger partial charge in [0.05, 0.1) is 6.67 Å². The number of hydrogen-bond donors (Lipinski definition) is 1. The highest BCUT2D eigenvalue weighted by Crippen LogP contribution is 1.98. The summed E-state index contributed by atoms with van der Waals surface area (Å²) in [6.07, 6.45) is 0. The number of thiocarbonyl (C=S) groups is 1. The van der Waals surface area contributed by atoms with Crippen LogP contribution in [-0.4, -0.2) is 30.7 Å². The molecule has 70 valence electrons. The second-order valence-electron chi connectivity index (χ2n) is 3.11. The van der Waals surface area contributed by atoms with Crippen LogP contribution in [0.25, 0.3) is 0 Å². The van der Waals surface area contributed by atoms with Gasteiger partial charge in [-0.05, 0) is 14.1 Å². The van der Waals surface area contributed by atoms with Gasteiger partial charge in [0.25, 0.3) is 0 Å². The standard InChI is InChI=1S/C10H14N2S/c1-12(2)8-11-10(13)9-6-4-3-5-7-9/h3-7H,8H2,1-2H3,(H,11,13). The van der Waals surface area contributed by atoms with Crippen molar-refractivity contribution in [2.24, 2.45) is 0 Å². The fourth-order valence-corrected chi connectivity index (χ4v) is 1.12. The second kappa shape index (κ2) is 4.94. The number of rotatable bonds is 3. The van der Waals surface area contributed by atoms with E-state index in [0.29, 0.717) is 0 Å². The summed E-state index contributed by atoms with van der Waals surface area (Å²) < 4.78 is 0. The Labute approximate surface area is 84.6 Å². The lowest BCUT2D eigenvalue weighted by Gasteiger charge is -2.12. The first-order valence-electron chi connectivity index (χ1n) is 4.18. The van der Waals surface area contributed by atoms with E-state index in [9.17, 15) is 0 Å². The van der Waals surface area contributed by atoms with E-state index in [4.69, 9.17) is 12.2 Å². The molecule has 3 heteroatoms. The Balaban J connectivity index is 2.50. The zero-order chi connectivity index (χ0) is 9.68. The maximum Gasteiger partial charge on any atom is 0.107 e. The van der Waals surface area contributed by atoms with E-state index >= 15 is 0 Å². The van der Waals surface area contributed by atoms with Crippen molar-refractivity contribution in [3.05, 3.63) is 35.9 Å². The van der Waals surface area contributed by atoms with E-state index in [2.05, 4.69) is 5.32 Å². The van der Waals surface area contributed by atoms with Crippen LogP contribution in [0.1, 0.15) is 5.56 Å². The van der Waals surface area contributed by atoms with Gasteiger partial charge in [-0.2, -0.15) is 0 Å². The van der Waals surface area contributed by atoms with E-state index in [-0.39, 0.29) is 0 Å². The molecule has 0 aromatic heterocycles. The zero-order valence-corrected chi connectivity index (χ0v) is 8.77. The molecule has 0 aliphatic rings. The molecule has 0 aliphatic carbocycles. The van der Waals surface area contributed by atoms with Crippen molar-refractivity contribution in [1.82, 2.24) is 10.2 Å². The molecule has 13 heavy (non-hydrogen) atoms. The average molecular weight is 194 g/mol. The molecule has 0 atom stereocenters. The first kappa shape index (κ1) is 10.2. The Morgan fingerprint density at radius 3 is 2.46 bits per heavy atom. The van der Waals surface area contributed by atoms with Crippen LogP contribution < -0.4 is 5.32 Å². The van der Waals surface area contributed by atoms with Gasteiger partial charge in [-0.1, -0.05) is 42.5 Å². The monoisotopic (exact) mass is 194 g/mol. The Bertz CT molecular complexity index is 270. The van der Waals surface area contributed by atoms with Gasteiger partial charge in [0.15, 0.2) is 0 Å². The van der Waals surface area contributed by atoms with Crippen molar-refractivity contribution in [3.63, 3.8) is 0 Å². The summed E-state index contributed by atoms with van der Waals surface area (Å²) in [6.45, 7) is 0.772. The first-order chi connectivity index (χ1) is 6.20. The summed E-state index contributed by atoms with van der Waals surface area (Å²) in [5.74, 6) is 0. The first-order valence-corrected chi connectivity index (χ1v) is 4.59. The van der Waals surface area contributed by atoms with Gasteiger partial charge in [0.2, 0.25) is 0 Å². The molecule has 0 saturated carbocycles. The normalized spacial score (nSPS) is 10.1. The van der Waals surface area contributed by atoms with Crippen LogP contribution in [-0.2, 0) is 0 Å². The Hall–Kier alpha value is -0.930. The topological polar surface area (TPSA) is 15.3 Å². The fraction of sp³-hybridized carbons (Fsp3) is 0.300. The highest BCUT2D eigenvalue weighted by molar-refractivity contribution is 7.80. The summed E-state index contributed by atoms with van der Waals surface area (Å²) in [5, 5.41) is 3.16. The van der Waals surface area contributed by atoms with Crippen LogP contribution in [0.4, 0.5) is 0 Å². The molecule has 0 saturated heterocycles. The lowest BCUT2D eigenvalue weighted by atomic mass is 10.2. The molecule has 0 radical (unpaired) electrons. The van der Waals surface area contributed by atoms with Crippen molar-refractivity contribution < 1.29 is 0 Å². The largest absolute Gasteiger partial charge is 0.363 e. The predicted molar refractivity (Wildman–Crippen MR) is 59.8 cm³/mol.